The van der Waals surface area contributed by atoms with Gasteiger partial charge in [-0.1, -0.05) is 29.3 Å². The Morgan fingerprint density at radius 1 is 1.22 bits per heavy atom. The van der Waals surface area contributed by atoms with Crippen LogP contribution in [0.15, 0.2) is 47.5 Å². The molecule has 1 aliphatic rings. The number of halogens is 1. The molecule has 27 heavy (non-hydrogen) atoms. The first-order valence-electron chi connectivity index (χ1n) is 8.34. The first-order valence-corrected chi connectivity index (χ1v) is 8.72. The van der Waals surface area contributed by atoms with Crippen LogP contribution in [0.25, 0.3) is 0 Å². The van der Waals surface area contributed by atoms with Crippen LogP contribution in [0, 0.1) is 6.92 Å². The SMILES string of the molecule is Cc1ccc(N2NC(C(=O)Nc3cc(Cl)ccc3N(C)C)=NCC2=O)cc1. The molecule has 7 nitrogen and oxygen atoms in total. The first kappa shape index (κ1) is 18.7. The van der Waals surface area contributed by atoms with E-state index in [4.69, 9.17) is 11.6 Å². The van der Waals surface area contributed by atoms with Crippen LogP contribution in [0.1, 0.15) is 5.56 Å². The van der Waals surface area contributed by atoms with E-state index in [1.165, 1.54) is 5.01 Å². The molecule has 2 N–H and O–H groups in total. The van der Waals surface area contributed by atoms with Crippen LogP contribution < -0.4 is 20.7 Å². The van der Waals surface area contributed by atoms with Crippen molar-refractivity contribution >= 4 is 46.3 Å². The fraction of sp³-hybridized carbons (Fsp3) is 0.211. The molecule has 0 aliphatic carbocycles. The molecule has 140 valence electrons. The number of carbonyl (C=O) groups excluding carboxylic acids is 2. The highest BCUT2D eigenvalue weighted by Gasteiger charge is 2.26. The third kappa shape index (κ3) is 4.20. The van der Waals surface area contributed by atoms with Crippen LogP contribution in [0.5, 0.6) is 0 Å². The summed E-state index contributed by atoms with van der Waals surface area (Å²) in [6.45, 7) is 1.85. The number of hydrazine groups is 1. The number of aryl methyl sites for hydroxylation is 1. The monoisotopic (exact) mass is 385 g/mol. The molecule has 0 unspecified atom stereocenters. The maximum atomic E-state index is 12.7. The van der Waals surface area contributed by atoms with E-state index in [2.05, 4.69) is 15.7 Å². The molecule has 3 rings (SSSR count). The minimum absolute atomic E-state index is 0.0554. The van der Waals surface area contributed by atoms with Gasteiger partial charge in [0.05, 0.1) is 17.1 Å². The number of nitrogens with zero attached hydrogens (tertiary/aromatic N) is 3. The molecule has 2 amide bonds. The van der Waals surface area contributed by atoms with Crippen molar-refractivity contribution in [1.29, 1.82) is 0 Å². The highest BCUT2D eigenvalue weighted by Crippen LogP contribution is 2.28. The van der Waals surface area contributed by atoms with Gasteiger partial charge in [-0.15, -0.1) is 0 Å². The van der Waals surface area contributed by atoms with Crippen molar-refractivity contribution in [3.05, 3.63) is 53.1 Å². The lowest BCUT2D eigenvalue weighted by atomic mass is 10.2. The number of carbonyl (C=O) groups is 2. The lowest BCUT2D eigenvalue weighted by molar-refractivity contribution is -0.118. The Kier molecular flexibility index (Phi) is 5.32. The Labute approximate surface area is 162 Å². The summed E-state index contributed by atoms with van der Waals surface area (Å²) in [4.78, 5) is 30.8. The minimum Gasteiger partial charge on any atom is -0.376 e. The standard InChI is InChI=1S/C19H20ClN5O2/c1-12-4-7-14(8-5-12)25-17(26)11-21-18(23-25)19(27)22-15-10-13(20)6-9-16(15)24(2)3/h4-10H,11H2,1-3H3,(H,21,23)(H,22,27). The largest absolute Gasteiger partial charge is 0.376 e. The van der Waals surface area contributed by atoms with E-state index >= 15 is 0 Å². The zero-order valence-electron chi connectivity index (χ0n) is 15.3. The molecule has 0 bridgehead atoms. The Morgan fingerprint density at radius 2 is 1.93 bits per heavy atom. The molecule has 0 saturated carbocycles. The summed E-state index contributed by atoms with van der Waals surface area (Å²) in [6, 6.07) is 12.6. The van der Waals surface area contributed by atoms with Crippen molar-refractivity contribution in [3.8, 4) is 0 Å². The molecule has 0 fully saturated rings. The average Bonchev–Trinajstić information content (AvgIpc) is 2.62. The highest BCUT2D eigenvalue weighted by molar-refractivity contribution is 6.43. The number of hydrogen-bond acceptors (Lipinski definition) is 5. The topological polar surface area (TPSA) is 77.0 Å². The second-order valence-corrected chi connectivity index (χ2v) is 6.79. The fourth-order valence-electron chi connectivity index (χ4n) is 2.63. The summed E-state index contributed by atoms with van der Waals surface area (Å²) in [5.74, 6) is -0.642. The quantitative estimate of drug-likeness (QED) is 0.848. The van der Waals surface area contributed by atoms with E-state index in [0.717, 1.165) is 11.3 Å². The van der Waals surface area contributed by atoms with Crippen LogP contribution in [-0.4, -0.2) is 38.3 Å². The molecular weight excluding hydrogens is 366 g/mol. The van der Waals surface area contributed by atoms with Crippen molar-refractivity contribution in [2.24, 2.45) is 4.99 Å². The van der Waals surface area contributed by atoms with Crippen LogP contribution >= 0.6 is 11.6 Å². The molecule has 2 aromatic rings. The Morgan fingerprint density at radius 3 is 2.59 bits per heavy atom. The predicted octanol–water partition coefficient (Wildman–Crippen LogP) is 2.60. The summed E-state index contributed by atoms with van der Waals surface area (Å²) in [6.07, 6.45) is 0. The first-order chi connectivity index (χ1) is 12.8. The van der Waals surface area contributed by atoms with E-state index < -0.39 is 5.91 Å². The summed E-state index contributed by atoms with van der Waals surface area (Å²) in [5.41, 5.74) is 5.87. The number of hydrogen-bond donors (Lipinski definition) is 2. The van der Waals surface area contributed by atoms with E-state index in [-0.39, 0.29) is 18.3 Å². The molecule has 0 atom stereocenters. The molecule has 0 aromatic heterocycles. The zero-order valence-corrected chi connectivity index (χ0v) is 16.0. The van der Waals surface area contributed by atoms with Gasteiger partial charge in [0, 0.05) is 19.1 Å². The lowest BCUT2D eigenvalue weighted by Crippen LogP contribution is -2.54. The summed E-state index contributed by atoms with van der Waals surface area (Å²) < 4.78 is 0. The van der Waals surface area contributed by atoms with Crippen LogP contribution in [0.3, 0.4) is 0 Å². The fourth-order valence-corrected chi connectivity index (χ4v) is 2.80. The third-order valence-electron chi connectivity index (χ3n) is 4.04. The summed E-state index contributed by atoms with van der Waals surface area (Å²) in [7, 11) is 3.74. The molecule has 0 spiro atoms. The number of anilines is 3. The Balaban J connectivity index is 1.80. The number of aliphatic imine (C=N–C) groups is 1. The van der Waals surface area contributed by atoms with Crippen LogP contribution in [-0.2, 0) is 9.59 Å². The predicted molar refractivity (Wildman–Crippen MR) is 109 cm³/mol. The zero-order chi connectivity index (χ0) is 19.6. The van der Waals surface area contributed by atoms with Crippen molar-refractivity contribution < 1.29 is 9.59 Å². The van der Waals surface area contributed by atoms with E-state index in [0.29, 0.717) is 16.4 Å². The average molecular weight is 386 g/mol. The van der Waals surface area contributed by atoms with Crippen LogP contribution in [0.4, 0.5) is 17.1 Å². The third-order valence-corrected chi connectivity index (χ3v) is 4.27. The Bertz CT molecular complexity index is 909. The number of amides is 2. The number of rotatable bonds is 4. The van der Waals surface area contributed by atoms with Gasteiger partial charge in [-0.25, -0.2) is 5.01 Å². The van der Waals surface area contributed by atoms with Crippen LogP contribution in [0.2, 0.25) is 5.02 Å². The minimum atomic E-state index is -0.454. The van der Waals surface area contributed by atoms with Gasteiger partial charge in [0.15, 0.2) is 0 Å². The molecular formula is C19H20ClN5O2. The van der Waals surface area contributed by atoms with Crippen molar-refractivity contribution in [2.45, 2.75) is 6.92 Å². The van der Waals surface area contributed by atoms with Crippen molar-refractivity contribution in [3.63, 3.8) is 0 Å². The van der Waals surface area contributed by atoms with Crippen molar-refractivity contribution in [1.82, 2.24) is 5.43 Å². The molecule has 0 saturated heterocycles. The molecule has 2 aromatic carbocycles. The maximum Gasteiger partial charge on any atom is 0.292 e. The number of nitrogens with one attached hydrogen (secondary N) is 2. The Hall–Kier alpha value is -3.06. The van der Waals surface area contributed by atoms with Gasteiger partial charge in [0.25, 0.3) is 11.8 Å². The molecule has 1 aliphatic heterocycles. The number of amidine groups is 1. The number of benzene rings is 2. The second-order valence-electron chi connectivity index (χ2n) is 6.35. The van der Waals surface area contributed by atoms with Gasteiger partial charge in [-0.2, -0.15) is 0 Å². The normalized spacial score (nSPS) is 13.7. The van der Waals surface area contributed by atoms with E-state index in [1.54, 1.807) is 12.1 Å². The van der Waals surface area contributed by atoms with Gasteiger partial charge in [-0.05, 0) is 37.3 Å². The highest BCUT2D eigenvalue weighted by atomic mass is 35.5. The van der Waals surface area contributed by atoms with Crippen molar-refractivity contribution in [2.75, 3.05) is 35.9 Å². The second kappa shape index (κ2) is 7.67. The lowest BCUT2D eigenvalue weighted by Gasteiger charge is -2.28. The summed E-state index contributed by atoms with van der Waals surface area (Å²) in [5, 5.41) is 4.63. The maximum absolute atomic E-state index is 12.7. The van der Waals surface area contributed by atoms with Gasteiger partial charge < -0.3 is 10.2 Å². The molecule has 1 heterocycles. The molecule has 0 radical (unpaired) electrons. The van der Waals surface area contributed by atoms with Gasteiger partial charge in [0.1, 0.15) is 6.54 Å². The van der Waals surface area contributed by atoms with Gasteiger partial charge >= 0.3 is 0 Å². The summed E-state index contributed by atoms with van der Waals surface area (Å²) >= 11 is 6.06. The smallest absolute Gasteiger partial charge is 0.292 e. The van der Waals surface area contributed by atoms with E-state index in [9.17, 15) is 9.59 Å². The van der Waals surface area contributed by atoms with Gasteiger partial charge in [0.2, 0.25) is 5.84 Å². The van der Waals surface area contributed by atoms with E-state index in [1.807, 2.05) is 56.3 Å². The van der Waals surface area contributed by atoms with Gasteiger partial charge in [-0.3, -0.25) is 20.0 Å². The molecule has 8 heteroatoms.